The van der Waals surface area contributed by atoms with Gasteiger partial charge in [-0.05, 0) is 61.1 Å². The van der Waals surface area contributed by atoms with Crippen molar-refractivity contribution < 1.29 is 13.9 Å². The summed E-state index contributed by atoms with van der Waals surface area (Å²) in [5, 5.41) is 3.98. The van der Waals surface area contributed by atoms with Gasteiger partial charge in [0.2, 0.25) is 5.91 Å². The predicted molar refractivity (Wildman–Crippen MR) is 132 cm³/mol. The monoisotopic (exact) mass is 465 g/mol. The predicted octanol–water partition coefficient (Wildman–Crippen LogP) is 4.53. The molecule has 0 saturated heterocycles. The first kappa shape index (κ1) is 22.9. The normalized spacial score (nSPS) is 12.2. The van der Waals surface area contributed by atoms with E-state index >= 15 is 0 Å². The molecule has 2 heterocycles. The number of carbonyl (C=O) groups excluding carboxylic acids is 1. The number of aryl methyl sites for hydroxylation is 2. The number of methoxy groups -OCH3 is 1. The Morgan fingerprint density at radius 1 is 1.27 bits per heavy atom. The fourth-order valence-electron chi connectivity index (χ4n) is 3.94. The third kappa shape index (κ3) is 5.22. The number of amides is 1. The maximum absolute atomic E-state index is 12.9. The number of ether oxygens (including phenoxy) is 1. The smallest absolute Gasteiger partial charge is 0.336 e. The number of H-pyrrole nitrogens is 1. The molecule has 0 bridgehead atoms. The van der Waals surface area contributed by atoms with Crippen LogP contribution in [0.2, 0.25) is 0 Å². The number of nitrogens with zero attached hydrogens (tertiary/aromatic N) is 1. The van der Waals surface area contributed by atoms with E-state index in [1.54, 1.807) is 24.9 Å². The molecule has 0 radical (unpaired) electrons. The zero-order chi connectivity index (χ0) is 23.4. The Hall–Kier alpha value is -3.26. The number of nitrogens with one attached hydrogen (secondary N) is 2. The number of aromatic nitrogens is 2. The molecule has 1 unspecified atom stereocenters. The second kappa shape index (κ2) is 10.1. The number of imidazole rings is 1. The lowest BCUT2D eigenvalue weighted by molar-refractivity contribution is -0.121. The van der Waals surface area contributed by atoms with E-state index in [-0.39, 0.29) is 11.9 Å². The maximum Gasteiger partial charge on any atom is 0.336 e. The number of carbonyl (C=O) groups is 1. The average molecular weight is 466 g/mol. The Balaban J connectivity index is 1.51. The second-order valence-electron chi connectivity index (χ2n) is 7.95. The van der Waals surface area contributed by atoms with Crippen LogP contribution in [0.4, 0.5) is 0 Å². The summed E-state index contributed by atoms with van der Waals surface area (Å²) in [7, 11) is 1.57. The third-order valence-corrected chi connectivity index (χ3v) is 6.30. The third-order valence-electron chi connectivity index (χ3n) is 5.66. The minimum Gasteiger partial charge on any atom is -0.496 e. The van der Waals surface area contributed by atoms with Crippen molar-refractivity contribution in [1.29, 1.82) is 0 Å². The van der Waals surface area contributed by atoms with Gasteiger partial charge in [0, 0.05) is 23.9 Å². The number of fused-ring (bicyclic) bond motifs is 2. The molecule has 0 aliphatic carbocycles. The summed E-state index contributed by atoms with van der Waals surface area (Å²) in [6.45, 7) is 1.87. The lowest BCUT2D eigenvalue weighted by atomic mass is 10.0. The SMILES string of the molecule is COc1cc2oc(=O)cc(C)c2cc1CCC(=O)NC(CCSC)c1nc2ccccc2[nH]1. The maximum atomic E-state index is 12.9. The summed E-state index contributed by atoms with van der Waals surface area (Å²) in [5.74, 6) is 2.22. The summed E-state index contributed by atoms with van der Waals surface area (Å²) in [6, 6.07) is 12.8. The molecule has 0 aliphatic rings. The van der Waals surface area contributed by atoms with Gasteiger partial charge in [-0.1, -0.05) is 12.1 Å². The summed E-state index contributed by atoms with van der Waals surface area (Å²) in [6.07, 6.45) is 3.63. The van der Waals surface area contributed by atoms with E-state index in [1.807, 2.05) is 43.5 Å². The molecule has 0 saturated carbocycles. The van der Waals surface area contributed by atoms with Crippen LogP contribution in [0.1, 0.15) is 35.8 Å². The van der Waals surface area contributed by atoms with Crippen LogP contribution < -0.4 is 15.7 Å². The highest BCUT2D eigenvalue weighted by Crippen LogP contribution is 2.28. The van der Waals surface area contributed by atoms with Crippen LogP contribution in [0, 0.1) is 6.92 Å². The molecule has 172 valence electrons. The summed E-state index contributed by atoms with van der Waals surface area (Å²) >= 11 is 1.74. The second-order valence-corrected chi connectivity index (χ2v) is 8.94. The lowest BCUT2D eigenvalue weighted by Gasteiger charge is -2.17. The first-order valence-electron chi connectivity index (χ1n) is 10.8. The Bertz CT molecular complexity index is 1310. The minimum atomic E-state index is -0.393. The van der Waals surface area contributed by atoms with Gasteiger partial charge in [-0.3, -0.25) is 4.79 Å². The number of aromatic amines is 1. The van der Waals surface area contributed by atoms with Gasteiger partial charge in [0.05, 0.1) is 24.2 Å². The number of hydrogen-bond acceptors (Lipinski definition) is 6. The molecule has 2 aromatic carbocycles. The van der Waals surface area contributed by atoms with Crippen molar-refractivity contribution in [1.82, 2.24) is 15.3 Å². The van der Waals surface area contributed by atoms with Gasteiger partial charge in [-0.2, -0.15) is 11.8 Å². The Morgan fingerprint density at radius 2 is 2.09 bits per heavy atom. The molecule has 0 aliphatic heterocycles. The van der Waals surface area contributed by atoms with Crippen molar-refractivity contribution in [3.05, 3.63) is 69.8 Å². The van der Waals surface area contributed by atoms with Crippen LogP contribution in [0.5, 0.6) is 5.75 Å². The molecule has 2 N–H and O–H groups in total. The van der Waals surface area contributed by atoms with E-state index in [2.05, 4.69) is 15.3 Å². The molecule has 7 nitrogen and oxygen atoms in total. The van der Waals surface area contributed by atoms with Crippen molar-refractivity contribution in [2.75, 3.05) is 19.1 Å². The fourth-order valence-corrected chi connectivity index (χ4v) is 4.41. The molecule has 0 spiro atoms. The standard InChI is InChI=1S/C25H27N3O4S/c1-15-12-24(30)32-22-14-21(31-2)16(13-17(15)22)8-9-23(29)26-20(10-11-33-3)25-27-18-6-4-5-7-19(18)28-25/h4-7,12-14,20H,8-11H2,1-3H3,(H,26,29)(H,27,28). The van der Waals surface area contributed by atoms with E-state index in [0.717, 1.165) is 45.5 Å². The number of thioether (sulfide) groups is 1. The summed E-state index contributed by atoms with van der Waals surface area (Å²) in [5.41, 5.74) is 3.65. The number of hydrogen-bond donors (Lipinski definition) is 2. The molecule has 33 heavy (non-hydrogen) atoms. The van der Waals surface area contributed by atoms with E-state index in [4.69, 9.17) is 9.15 Å². The lowest BCUT2D eigenvalue weighted by Crippen LogP contribution is -2.30. The van der Waals surface area contributed by atoms with Crippen LogP contribution in [-0.4, -0.2) is 35.0 Å². The number of rotatable bonds is 9. The van der Waals surface area contributed by atoms with Gasteiger partial charge in [0.25, 0.3) is 0 Å². The first-order chi connectivity index (χ1) is 16.0. The van der Waals surface area contributed by atoms with Crippen LogP contribution in [0.15, 0.2) is 51.7 Å². The molecule has 1 amide bonds. The Kier molecular flexibility index (Phi) is 7.03. The number of benzene rings is 2. The molecule has 2 aromatic heterocycles. The van der Waals surface area contributed by atoms with Crippen LogP contribution >= 0.6 is 11.8 Å². The average Bonchev–Trinajstić information content (AvgIpc) is 3.24. The van der Waals surface area contributed by atoms with E-state index in [0.29, 0.717) is 24.2 Å². The van der Waals surface area contributed by atoms with Crippen molar-refractivity contribution >= 4 is 39.7 Å². The van der Waals surface area contributed by atoms with Crippen LogP contribution in [0.3, 0.4) is 0 Å². The van der Waals surface area contributed by atoms with Gasteiger partial charge >= 0.3 is 5.63 Å². The van der Waals surface area contributed by atoms with Gasteiger partial charge < -0.3 is 19.5 Å². The minimum absolute atomic E-state index is 0.0555. The fraction of sp³-hybridized carbons (Fsp3) is 0.320. The van der Waals surface area contributed by atoms with E-state index in [1.165, 1.54) is 6.07 Å². The Morgan fingerprint density at radius 3 is 2.85 bits per heavy atom. The molecular formula is C25H27N3O4S. The highest BCUT2D eigenvalue weighted by Gasteiger charge is 2.19. The van der Waals surface area contributed by atoms with E-state index < -0.39 is 5.63 Å². The summed E-state index contributed by atoms with van der Waals surface area (Å²) < 4.78 is 10.8. The Labute approximate surface area is 195 Å². The number of para-hydroxylation sites is 2. The summed E-state index contributed by atoms with van der Waals surface area (Å²) in [4.78, 5) is 32.6. The molecule has 8 heteroatoms. The molecular weight excluding hydrogens is 438 g/mol. The molecule has 4 rings (SSSR count). The quantitative estimate of drug-likeness (QED) is 0.353. The molecule has 1 atom stereocenters. The highest BCUT2D eigenvalue weighted by molar-refractivity contribution is 7.98. The topological polar surface area (TPSA) is 97.2 Å². The molecule has 0 fully saturated rings. The van der Waals surface area contributed by atoms with Crippen LogP contribution in [-0.2, 0) is 11.2 Å². The van der Waals surface area contributed by atoms with Gasteiger partial charge in [0.1, 0.15) is 17.2 Å². The van der Waals surface area contributed by atoms with Crippen molar-refractivity contribution in [3.8, 4) is 5.75 Å². The zero-order valence-electron chi connectivity index (χ0n) is 18.9. The van der Waals surface area contributed by atoms with Crippen molar-refractivity contribution in [2.45, 2.75) is 32.2 Å². The van der Waals surface area contributed by atoms with Crippen molar-refractivity contribution in [2.24, 2.45) is 0 Å². The highest BCUT2D eigenvalue weighted by atomic mass is 32.2. The zero-order valence-corrected chi connectivity index (χ0v) is 19.8. The van der Waals surface area contributed by atoms with Gasteiger partial charge in [-0.15, -0.1) is 0 Å². The van der Waals surface area contributed by atoms with Crippen LogP contribution in [0.25, 0.3) is 22.0 Å². The van der Waals surface area contributed by atoms with E-state index in [9.17, 15) is 9.59 Å². The molecule has 4 aromatic rings. The van der Waals surface area contributed by atoms with Crippen molar-refractivity contribution in [3.63, 3.8) is 0 Å². The van der Waals surface area contributed by atoms with Gasteiger partial charge in [0.15, 0.2) is 0 Å². The first-order valence-corrected chi connectivity index (χ1v) is 12.2. The van der Waals surface area contributed by atoms with Gasteiger partial charge in [-0.25, -0.2) is 9.78 Å². The largest absolute Gasteiger partial charge is 0.496 e.